The molecule has 1 N–H and O–H groups in total. The molecule has 132 valence electrons. The third-order valence-corrected chi connectivity index (χ3v) is 5.92. The molecular formula is C21H26N2O2. The molecule has 4 rings (SSSR count). The quantitative estimate of drug-likeness (QED) is 0.894. The number of nitrogens with one attached hydrogen (secondary N) is 1. The molecule has 1 atom stereocenters. The van der Waals surface area contributed by atoms with Gasteiger partial charge in [0.25, 0.3) is 5.91 Å². The summed E-state index contributed by atoms with van der Waals surface area (Å²) < 4.78 is 0. The Labute approximate surface area is 149 Å². The minimum atomic E-state index is -0.0533. The number of piperidine rings is 1. The van der Waals surface area contributed by atoms with Crippen LogP contribution >= 0.6 is 0 Å². The molecule has 0 radical (unpaired) electrons. The van der Waals surface area contributed by atoms with Crippen LogP contribution in [-0.4, -0.2) is 29.8 Å². The highest BCUT2D eigenvalue weighted by Crippen LogP contribution is 2.48. The first-order valence-corrected chi connectivity index (χ1v) is 9.43. The maximum absolute atomic E-state index is 12.5. The molecule has 1 aliphatic heterocycles. The number of fused-ring (bicyclic) bond motifs is 1. The molecule has 3 aliphatic rings. The van der Waals surface area contributed by atoms with Gasteiger partial charge in [-0.3, -0.25) is 9.59 Å². The number of hydrogen-bond donors (Lipinski definition) is 1. The number of nitrogens with zero attached hydrogens (tertiary/aromatic N) is 1. The van der Waals surface area contributed by atoms with Crippen LogP contribution in [0.4, 0.5) is 0 Å². The first-order chi connectivity index (χ1) is 12.1. The summed E-state index contributed by atoms with van der Waals surface area (Å²) in [5, 5.41) is 3.14. The lowest BCUT2D eigenvalue weighted by Crippen LogP contribution is -2.48. The first-order valence-electron chi connectivity index (χ1n) is 9.43. The van der Waals surface area contributed by atoms with Gasteiger partial charge in [0.05, 0.1) is 0 Å². The summed E-state index contributed by atoms with van der Waals surface area (Å²) in [6.45, 7) is 3.49. The molecule has 1 unspecified atom stereocenters. The van der Waals surface area contributed by atoms with Crippen molar-refractivity contribution in [1.29, 1.82) is 0 Å². The summed E-state index contributed by atoms with van der Waals surface area (Å²) >= 11 is 0. The lowest BCUT2D eigenvalue weighted by molar-refractivity contribution is -0.133. The maximum Gasteiger partial charge on any atom is 0.251 e. The van der Waals surface area contributed by atoms with Gasteiger partial charge in [-0.2, -0.15) is 0 Å². The van der Waals surface area contributed by atoms with Crippen molar-refractivity contribution in [2.24, 2.45) is 11.3 Å². The second kappa shape index (κ2) is 6.32. The first kappa shape index (κ1) is 16.4. The van der Waals surface area contributed by atoms with Crippen molar-refractivity contribution in [2.75, 3.05) is 13.1 Å². The molecule has 2 aliphatic carbocycles. The Morgan fingerprint density at radius 3 is 2.92 bits per heavy atom. The largest absolute Gasteiger partial charge is 0.351 e. The fourth-order valence-corrected chi connectivity index (χ4v) is 4.26. The lowest BCUT2D eigenvalue weighted by atomic mass is 9.76. The van der Waals surface area contributed by atoms with Gasteiger partial charge < -0.3 is 10.2 Å². The third kappa shape index (κ3) is 3.22. The van der Waals surface area contributed by atoms with Gasteiger partial charge in [-0.05, 0) is 57.1 Å². The minimum Gasteiger partial charge on any atom is -0.351 e. The van der Waals surface area contributed by atoms with Crippen LogP contribution in [0.1, 0.15) is 54.4 Å². The second-order valence-corrected chi connectivity index (χ2v) is 7.91. The molecular weight excluding hydrogens is 312 g/mol. The molecule has 2 fully saturated rings. The number of rotatable bonds is 5. The highest BCUT2D eigenvalue weighted by atomic mass is 16.2. The van der Waals surface area contributed by atoms with Gasteiger partial charge in [0.2, 0.25) is 5.91 Å². The van der Waals surface area contributed by atoms with E-state index in [2.05, 4.69) is 11.4 Å². The van der Waals surface area contributed by atoms with Crippen molar-refractivity contribution in [3.8, 4) is 0 Å². The molecule has 1 aromatic carbocycles. The van der Waals surface area contributed by atoms with Crippen LogP contribution in [0.5, 0.6) is 0 Å². The number of benzene rings is 1. The van der Waals surface area contributed by atoms with E-state index in [9.17, 15) is 9.59 Å². The summed E-state index contributed by atoms with van der Waals surface area (Å²) in [7, 11) is 0. The Morgan fingerprint density at radius 1 is 1.32 bits per heavy atom. The second-order valence-electron chi connectivity index (χ2n) is 7.91. The molecule has 1 heterocycles. The predicted octanol–water partition coefficient (Wildman–Crippen LogP) is 3.42. The molecule has 0 bridgehead atoms. The van der Waals surface area contributed by atoms with Crippen molar-refractivity contribution in [2.45, 2.75) is 45.4 Å². The van der Waals surface area contributed by atoms with Crippen LogP contribution in [0.3, 0.4) is 0 Å². The normalized spacial score (nSPS) is 25.6. The Kier molecular flexibility index (Phi) is 4.14. The van der Waals surface area contributed by atoms with Gasteiger partial charge >= 0.3 is 0 Å². The molecule has 0 aromatic heterocycles. The Morgan fingerprint density at radius 2 is 2.16 bits per heavy atom. The standard InChI is InChI=1S/C21H26N2O2/c1-15-4-2-5-17(12-15)20(25)22-14-21-10-3-6-18(21)23(13-16-7-8-16)19(24)9-11-21/h2,4-6,12,16H,3,7-11,13-14H2,1H3,(H,22,25). The zero-order chi connectivity index (χ0) is 17.4. The van der Waals surface area contributed by atoms with Crippen LogP contribution < -0.4 is 5.32 Å². The number of hydrogen-bond acceptors (Lipinski definition) is 2. The van der Waals surface area contributed by atoms with Gasteiger partial charge in [-0.15, -0.1) is 0 Å². The molecule has 4 nitrogen and oxygen atoms in total. The third-order valence-electron chi connectivity index (χ3n) is 5.92. The number of aryl methyl sites for hydroxylation is 1. The van der Waals surface area contributed by atoms with Gasteiger partial charge in [0.1, 0.15) is 0 Å². The molecule has 1 saturated carbocycles. The fourth-order valence-electron chi connectivity index (χ4n) is 4.26. The van der Waals surface area contributed by atoms with Crippen molar-refractivity contribution in [3.63, 3.8) is 0 Å². The van der Waals surface area contributed by atoms with Crippen molar-refractivity contribution < 1.29 is 9.59 Å². The van der Waals surface area contributed by atoms with E-state index >= 15 is 0 Å². The van der Waals surface area contributed by atoms with Crippen LogP contribution in [0.2, 0.25) is 0 Å². The monoisotopic (exact) mass is 338 g/mol. The zero-order valence-electron chi connectivity index (χ0n) is 14.9. The van der Waals surface area contributed by atoms with Gasteiger partial charge in [0, 0.05) is 36.2 Å². The summed E-state index contributed by atoms with van der Waals surface area (Å²) in [6.07, 6.45) is 8.22. The fraction of sp³-hybridized carbons (Fsp3) is 0.524. The van der Waals surface area contributed by atoms with Crippen molar-refractivity contribution in [3.05, 3.63) is 47.2 Å². The molecule has 1 saturated heterocycles. The number of amides is 2. The number of carbonyl (C=O) groups excluding carboxylic acids is 2. The highest BCUT2D eigenvalue weighted by Gasteiger charge is 2.46. The van der Waals surface area contributed by atoms with Crippen molar-refractivity contribution in [1.82, 2.24) is 10.2 Å². The van der Waals surface area contributed by atoms with E-state index < -0.39 is 0 Å². The van der Waals surface area contributed by atoms with E-state index in [4.69, 9.17) is 0 Å². The smallest absolute Gasteiger partial charge is 0.251 e. The molecule has 0 spiro atoms. The Bertz CT molecular complexity index is 735. The van der Waals surface area contributed by atoms with Crippen LogP contribution in [0, 0.1) is 18.3 Å². The molecule has 1 aromatic rings. The number of carbonyl (C=O) groups is 2. The van der Waals surface area contributed by atoms with Crippen LogP contribution in [0.15, 0.2) is 36.0 Å². The average Bonchev–Trinajstić information content (AvgIpc) is 3.33. The van der Waals surface area contributed by atoms with E-state index in [1.54, 1.807) is 0 Å². The highest BCUT2D eigenvalue weighted by molar-refractivity contribution is 5.94. The average molecular weight is 338 g/mol. The Balaban J connectivity index is 1.48. The number of likely N-dealkylation sites (tertiary alicyclic amines) is 1. The number of allylic oxidation sites excluding steroid dienone is 1. The molecule has 4 heteroatoms. The molecule has 2 amide bonds. The lowest BCUT2D eigenvalue weighted by Gasteiger charge is -2.42. The summed E-state index contributed by atoms with van der Waals surface area (Å²) in [5.74, 6) is 0.929. The Hall–Kier alpha value is -2.10. The van der Waals surface area contributed by atoms with E-state index in [1.165, 1.54) is 18.5 Å². The minimum absolute atomic E-state index is 0.0185. The van der Waals surface area contributed by atoms with Gasteiger partial charge in [0.15, 0.2) is 0 Å². The van der Waals surface area contributed by atoms with Crippen molar-refractivity contribution >= 4 is 11.8 Å². The summed E-state index contributed by atoms with van der Waals surface area (Å²) in [4.78, 5) is 27.0. The van der Waals surface area contributed by atoms with E-state index in [0.29, 0.717) is 24.4 Å². The van der Waals surface area contributed by atoms with E-state index in [1.807, 2.05) is 36.1 Å². The topological polar surface area (TPSA) is 49.4 Å². The predicted molar refractivity (Wildman–Crippen MR) is 96.9 cm³/mol. The molecule has 25 heavy (non-hydrogen) atoms. The maximum atomic E-state index is 12.5. The summed E-state index contributed by atoms with van der Waals surface area (Å²) in [6, 6.07) is 7.69. The van der Waals surface area contributed by atoms with Crippen LogP contribution in [0.25, 0.3) is 0 Å². The van der Waals surface area contributed by atoms with Gasteiger partial charge in [-0.25, -0.2) is 0 Å². The summed E-state index contributed by atoms with van der Waals surface area (Å²) in [5.41, 5.74) is 2.93. The van der Waals surface area contributed by atoms with E-state index in [-0.39, 0.29) is 17.2 Å². The van der Waals surface area contributed by atoms with E-state index in [0.717, 1.165) is 31.4 Å². The SMILES string of the molecule is Cc1cccc(C(=O)NCC23CCC=C2N(CC2CC2)C(=O)CC3)c1. The van der Waals surface area contributed by atoms with Gasteiger partial charge in [-0.1, -0.05) is 23.8 Å². The van der Waals surface area contributed by atoms with Crippen LogP contribution in [-0.2, 0) is 4.79 Å². The zero-order valence-corrected chi connectivity index (χ0v) is 14.9.